The molecule has 0 aromatic heterocycles. The molecule has 30 heavy (non-hydrogen) atoms. The quantitative estimate of drug-likeness (QED) is 0.356. The lowest BCUT2D eigenvalue weighted by atomic mass is 9.80. The van der Waals surface area contributed by atoms with E-state index in [2.05, 4.69) is 64.3 Å². The van der Waals surface area contributed by atoms with E-state index in [9.17, 15) is 4.39 Å². The topological polar surface area (TPSA) is 18.5 Å². The van der Waals surface area contributed by atoms with Crippen molar-refractivity contribution in [3.05, 3.63) is 59.4 Å². The SMILES string of the molecule is CCC[Si](C)(C)OCC1(CO[Si](C)(C)CCC)c2ccccc2-c2ccc(F)cc21. The predicted octanol–water partition coefficient (Wildman–Crippen LogP) is 7.36. The van der Waals surface area contributed by atoms with E-state index in [1.165, 1.54) is 11.1 Å². The normalized spacial score (nSPS) is 15.2. The fourth-order valence-corrected chi connectivity index (χ4v) is 8.74. The summed E-state index contributed by atoms with van der Waals surface area (Å²) in [7, 11) is -3.60. The molecule has 0 fully saturated rings. The fraction of sp³-hybridized carbons (Fsp3) is 0.520. The zero-order valence-electron chi connectivity index (χ0n) is 19.5. The maximum Gasteiger partial charge on any atom is 0.186 e. The maximum absolute atomic E-state index is 14.5. The Kier molecular flexibility index (Phi) is 7.07. The summed E-state index contributed by atoms with van der Waals surface area (Å²) in [6, 6.07) is 15.9. The Morgan fingerprint density at radius 3 is 1.87 bits per heavy atom. The Labute approximate surface area is 184 Å². The molecule has 0 amide bonds. The average molecular weight is 445 g/mol. The summed E-state index contributed by atoms with van der Waals surface area (Å²) in [5, 5.41) is 0. The molecule has 0 spiro atoms. The summed E-state index contributed by atoms with van der Waals surface area (Å²) in [6.07, 6.45) is 2.25. The Bertz CT molecular complexity index is 857. The molecule has 0 radical (unpaired) electrons. The van der Waals surface area contributed by atoms with Gasteiger partial charge >= 0.3 is 0 Å². The lowest BCUT2D eigenvalue weighted by Gasteiger charge is -2.38. The second-order valence-corrected chi connectivity index (χ2v) is 18.5. The van der Waals surface area contributed by atoms with Crippen LogP contribution >= 0.6 is 0 Å². The lowest BCUT2D eigenvalue weighted by Crippen LogP contribution is -2.45. The van der Waals surface area contributed by atoms with Gasteiger partial charge in [0.2, 0.25) is 0 Å². The van der Waals surface area contributed by atoms with Gasteiger partial charge < -0.3 is 8.85 Å². The lowest BCUT2D eigenvalue weighted by molar-refractivity contribution is 0.162. The molecule has 2 aromatic carbocycles. The number of rotatable bonds is 10. The van der Waals surface area contributed by atoms with Crippen molar-refractivity contribution < 1.29 is 13.2 Å². The van der Waals surface area contributed by atoms with E-state index < -0.39 is 22.0 Å². The standard InChI is InChI=1S/C25H37FO2Si2/c1-7-15-29(3,4)27-18-25(19-28-30(5,6)16-8-2)23-12-10-9-11-21(23)22-14-13-20(26)17-24(22)25/h9-14,17H,7-8,15-16,18-19H2,1-6H3. The Balaban J connectivity index is 2.08. The van der Waals surface area contributed by atoms with Gasteiger partial charge in [-0.05, 0) is 72.7 Å². The first-order valence-corrected chi connectivity index (χ1v) is 17.5. The number of hydrogen-bond donors (Lipinski definition) is 0. The molecule has 0 saturated heterocycles. The molecule has 0 atom stereocenters. The Morgan fingerprint density at radius 1 is 0.767 bits per heavy atom. The largest absolute Gasteiger partial charge is 0.416 e. The van der Waals surface area contributed by atoms with Crippen molar-refractivity contribution in [1.29, 1.82) is 0 Å². The third-order valence-corrected chi connectivity index (χ3v) is 11.6. The van der Waals surface area contributed by atoms with Crippen LogP contribution in [0.5, 0.6) is 0 Å². The van der Waals surface area contributed by atoms with Gasteiger partial charge in [0.25, 0.3) is 0 Å². The molecule has 164 valence electrons. The minimum Gasteiger partial charge on any atom is -0.416 e. The molecular weight excluding hydrogens is 407 g/mol. The van der Waals surface area contributed by atoms with Crippen LogP contribution in [0, 0.1) is 5.82 Å². The monoisotopic (exact) mass is 444 g/mol. The molecule has 1 aliphatic rings. The van der Waals surface area contributed by atoms with Crippen LogP contribution in [0.2, 0.25) is 38.3 Å². The van der Waals surface area contributed by atoms with Crippen LogP contribution in [0.1, 0.15) is 37.8 Å². The summed E-state index contributed by atoms with van der Waals surface area (Å²) in [4.78, 5) is 0. The summed E-state index contributed by atoms with van der Waals surface area (Å²) in [6.45, 7) is 14.7. The van der Waals surface area contributed by atoms with Crippen LogP contribution in [0.3, 0.4) is 0 Å². The minimum absolute atomic E-state index is 0.193. The van der Waals surface area contributed by atoms with E-state index in [0.717, 1.165) is 36.1 Å². The van der Waals surface area contributed by atoms with Gasteiger partial charge in [0.05, 0.1) is 5.41 Å². The molecule has 2 aromatic rings. The Morgan fingerprint density at radius 2 is 1.30 bits per heavy atom. The summed E-state index contributed by atoms with van der Waals surface area (Å²) in [5.74, 6) is -0.193. The molecule has 3 rings (SSSR count). The van der Waals surface area contributed by atoms with Gasteiger partial charge in [-0.3, -0.25) is 0 Å². The van der Waals surface area contributed by atoms with Gasteiger partial charge in [0.15, 0.2) is 16.6 Å². The molecule has 0 aliphatic heterocycles. The number of halogens is 1. The van der Waals surface area contributed by atoms with Crippen molar-refractivity contribution in [2.24, 2.45) is 0 Å². The number of hydrogen-bond acceptors (Lipinski definition) is 2. The first-order chi connectivity index (χ1) is 14.1. The minimum atomic E-state index is -1.80. The van der Waals surface area contributed by atoms with Crippen LogP contribution in [-0.4, -0.2) is 29.8 Å². The highest BCUT2D eigenvalue weighted by molar-refractivity contribution is 6.71. The van der Waals surface area contributed by atoms with Gasteiger partial charge in [-0.1, -0.05) is 57.0 Å². The molecule has 0 heterocycles. The molecule has 1 aliphatic carbocycles. The average Bonchev–Trinajstić information content (AvgIpc) is 2.95. The fourth-order valence-electron chi connectivity index (χ4n) is 4.77. The number of fused-ring (bicyclic) bond motifs is 3. The Hall–Kier alpha value is -1.28. The summed E-state index contributed by atoms with van der Waals surface area (Å²) in [5.41, 5.74) is 4.08. The maximum atomic E-state index is 14.5. The van der Waals surface area contributed by atoms with Crippen molar-refractivity contribution in [3.63, 3.8) is 0 Å². The molecule has 0 saturated carbocycles. The first-order valence-electron chi connectivity index (χ1n) is 11.3. The highest BCUT2D eigenvalue weighted by Crippen LogP contribution is 2.50. The van der Waals surface area contributed by atoms with Gasteiger partial charge in [-0.25, -0.2) is 4.39 Å². The van der Waals surface area contributed by atoms with Crippen LogP contribution < -0.4 is 0 Å². The van der Waals surface area contributed by atoms with Gasteiger partial charge in [-0.2, -0.15) is 0 Å². The molecule has 2 nitrogen and oxygen atoms in total. The smallest absolute Gasteiger partial charge is 0.186 e. The van der Waals surface area contributed by atoms with Crippen LogP contribution in [0.25, 0.3) is 11.1 Å². The van der Waals surface area contributed by atoms with Crippen molar-refractivity contribution in [1.82, 2.24) is 0 Å². The zero-order chi connectivity index (χ0) is 22.0. The molecular formula is C25H37FO2Si2. The third-order valence-electron chi connectivity index (χ3n) is 6.35. The van der Waals surface area contributed by atoms with Gasteiger partial charge in [0.1, 0.15) is 5.82 Å². The van der Waals surface area contributed by atoms with E-state index in [1.807, 2.05) is 6.07 Å². The zero-order valence-corrected chi connectivity index (χ0v) is 21.5. The molecule has 0 N–H and O–H groups in total. The van der Waals surface area contributed by atoms with E-state index in [1.54, 1.807) is 12.1 Å². The summed E-state index contributed by atoms with van der Waals surface area (Å²) < 4.78 is 27.8. The predicted molar refractivity (Wildman–Crippen MR) is 130 cm³/mol. The van der Waals surface area contributed by atoms with Crippen LogP contribution in [-0.2, 0) is 14.3 Å². The molecule has 5 heteroatoms. The van der Waals surface area contributed by atoms with E-state index in [4.69, 9.17) is 8.85 Å². The van der Waals surface area contributed by atoms with Crippen LogP contribution in [0.4, 0.5) is 4.39 Å². The first kappa shape index (κ1) is 23.4. The van der Waals surface area contributed by atoms with Gasteiger partial charge in [-0.15, -0.1) is 0 Å². The third kappa shape index (κ3) is 4.80. The second-order valence-electron chi connectivity index (χ2n) is 9.91. The molecule has 0 unspecified atom stereocenters. The number of benzene rings is 2. The van der Waals surface area contributed by atoms with Crippen molar-refractivity contribution in [2.45, 2.75) is 70.4 Å². The molecule has 0 bridgehead atoms. The van der Waals surface area contributed by atoms with E-state index >= 15 is 0 Å². The van der Waals surface area contributed by atoms with E-state index in [-0.39, 0.29) is 5.82 Å². The van der Waals surface area contributed by atoms with Crippen molar-refractivity contribution in [2.75, 3.05) is 13.2 Å². The highest BCUT2D eigenvalue weighted by atomic mass is 28.4. The highest BCUT2D eigenvalue weighted by Gasteiger charge is 2.46. The van der Waals surface area contributed by atoms with Crippen molar-refractivity contribution in [3.8, 4) is 11.1 Å². The second kappa shape index (κ2) is 9.07. The van der Waals surface area contributed by atoms with Crippen molar-refractivity contribution >= 4 is 16.6 Å². The van der Waals surface area contributed by atoms with E-state index in [0.29, 0.717) is 13.2 Å². The van der Waals surface area contributed by atoms with Crippen LogP contribution in [0.15, 0.2) is 42.5 Å². The van der Waals surface area contributed by atoms with Gasteiger partial charge in [0, 0.05) is 13.2 Å². The summed E-state index contributed by atoms with van der Waals surface area (Å²) >= 11 is 0.